The van der Waals surface area contributed by atoms with Crippen LogP contribution in [0.2, 0.25) is 0 Å². The Bertz CT molecular complexity index is 681. The van der Waals surface area contributed by atoms with E-state index in [1.165, 1.54) is 24.3 Å². The van der Waals surface area contributed by atoms with Crippen LogP contribution in [0.1, 0.15) is 15.9 Å². The van der Waals surface area contributed by atoms with Gasteiger partial charge in [-0.15, -0.1) is 0 Å². The van der Waals surface area contributed by atoms with Gasteiger partial charge in [0.05, 0.1) is 4.92 Å². The molecule has 0 saturated heterocycles. The molecule has 0 spiro atoms. The largest absolute Gasteiger partial charge is 0.457 e. The Morgan fingerprint density at radius 2 is 1.76 bits per heavy atom. The molecule has 1 amide bonds. The van der Waals surface area contributed by atoms with E-state index < -0.39 is 4.92 Å². The van der Waals surface area contributed by atoms with Crippen molar-refractivity contribution in [2.24, 2.45) is 0 Å². The number of nitrogens with one attached hydrogen (secondary N) is 1. The Labute approximate surface area is 121 Å². The van der Waals surface area contributed by atoms with Gasteiger partial charge in [-0.3, -0.25) is 14.9 Å². The minimum atomic E-state index is -0.473. The smallest absolute Gasteiger partial charge is 0.269 e. The van der Waals surface area contributed by atoms with Crippen LogP contribution in [0.15, 0.2) is 42.5 Å². The summed E-state index contributed by atoms with van der Waals surface area (Å²) < 4.78 is 5.60. The third-order valence-electron chi connectivity index (χ3n) is 2.96. The molecule has 2 rings (SSSR count). The molecule has 0 aliphatic rings. The monoisotopic (exact) mass is 286 g/mol. The van der Waals surface area contributed by atoms with Crippen LogP contribution < -0.4 is 10.1 Å². The maximum Gasteiger partial charge on any atom is 0.269 e. The van der Waals surface area contributed by atoms with Gasteiger partial charge < -0.3 is 10.1 Å². The van der Waals surface area contributed by atoms with Crippen LogP contribution >= 0.6 is 0 Å². The molecule has 21 heavy (non-hydrogen) atoms. The summed E-state index contributed by atoms with van der Waals surface area (Å²) >= 11 is 0. The molecular formula is C15H14N2O4. The van der Waals surface area contributed by atoms with E-state index >= 15 is 0 Å². The summed E-state index contributed by atoms with van der Waals surface area (Å²) in [5.74, 6) is 0.766. The Kier molecular flexibility index (Phi) is 4.18. The first-order chi connectivity index (χ1) is 10.0. The number of carbonyl (C=O) groups excluding carboxylic acids is 1. The van der Waals surface area contributed by atoms with Crippen molar-refractivity contribution in [3.63, 3.8) is 0 Å². The number of aryl methyl sites for hydroxylation is 1. The second-order valence-corrected chi connectivity index (χ2v) is 4.41. The number of rotatable bonds is 4. The van der Waals surface area contributed by atoms with Crippen molar-refractivity contribution in [3.05, 3.63) is 63.7 Å². The topological polar surface area (TPSA) is 81.5 Å². The number of ether oxygens (including phenoxy) is 1. The van der Waals surface area contributed by atoms with Crippen LogP contribution in [0, 0.1) is 17.0 Å². The molecule has 0 radical (unpaired) electrons. The molecule has 6 heteroatoms. The molecule has 0 saturated carbocycles. The summed E-state index contributed by atoms with van der Waals surface area (Å²) in [5.41, 5.74) is 1.36. The maximum absolute atomic E-state index is 11.7. The number of benzene rings is 2. The van der Waals surface area contributed by atoms with Crippen LogP contribution in [0.4, 0.5) is 5.69 Å². The summed E-state index contributed by atoms with van der Waals surface area (Å²) in [6, 6.07) is 10.9. The molecule has 0 atom stereocenters. The Morgan fingerprint density at radius 1 is 1.14 bits per heavy atom. The van der Waals surface area contributed by atoms with E-state index in [9.17, 15) is 14.9 Å². The number of nitro groups is 1. The number of hydrogen-bond acceptors (Lipinski definition) is 4. The number of nitro benzene ring substituents is 1. The first-order valence-corrected chi connectivity index (χ1v) is 6.26. The summed E-state index contributed by atoms with van der Waals surface area (Å²) in [4.78, 5) is 21.8. The minimum Gasteiger partial charge on any atom is -0.457 e. The fourth-order valence-corrected chi connectivity index (χ4v) is 1.82. The summed E-state index contributed by atoms with van der Waals surface area (Å²) in [6.07, 6.45) is 0. The highest BCUT2D eigenvalue weighted by atomic mass is 16.6. The molecule has 2 aromatic rings. The quantitative estimate of drug-likeness (QED) is 0.691. The van der Waals surface area contributed by atoms with E-state index in [1.54, 1.807) is 25.2 Å². The van der Waals surface area contributed by atoms with Crippen LogP contribution in [-0.2, 0) is 0 Å². The minimum absolute atomic E-state index is 0.00249. The molecule has 0 fully saturated rings. The van der Waals surface area contributed by atoms with Gasteiger partial charge in [0.25, 0.3) is 11.6 Å². The molecule has 1 N–H and O–H groups in total. The lowest BCUT2D eigenvalue weighted by Gasteiger charge is -2.09. The molecule has 0 aliphatic heterocycles. The van der Waals surface area contributed by atoms with Gasteiger partial charge in [0.1, 0.15) is 11.5 Å². The van der Waals surface area contributed by atoms with Crippen molar-refractivity contribution in [1.29, 1.82) is 0 Å². The van der Waals surface area contributed by atoms with Gasteiger partial charge >= 0.3 is 0 Å². The highest BCUT2D eigenvalue weighted by molar-refractivity contribution is 5.95. The van der Waals surface area contributed by atoms with Crippen molar-refractivity contribution in [1.82, 2.24) is 5.32 Å². The molecule has 0 bridgehead atoms. The van der Waals surface area contributed by atoms with Crippen LogP contribution in [0.25, 0.3) is 0 Å². The van der Waals surface area contributed by atoms with Gasteiger partial charge in [-0.1, -0.05) is 6.07 Å². The van der Waals surface area contributed by atoms with Crippen molar-refractivity contribution in [2.45, 2.75) is 6.92 Å². The van der Waals surface area contributed by atoms with Gasteiger partial charge in [-0.2, -0.15) is 0 Å². The summed E-state index contributed by atoms with van der Waals surface area (Å²) in [7, 11) is 1.56. The van der Waals surface area contributed by atoms with E-state index in [1.807, 2.05) is 6.92 Å². The second kappa shape index (κ2) is 6.04. The van der Waals surface area contributed by atoms with Gasteiger partial charge in [-0.25, -0.2) is 0 Å². The number of amides is 1. The third-order valence-corrected chi connectivity index (χ3v) is 2.96. The molecular weight excluding hydrogens is 272 g/mol. The van der Waals surface area contributed by atoms with Gasteiger partial charge in [0.15, 0.2) is 0 Å². The lowest BCUT2D eigenvalue weighted by atomic mass is 10.1. The second-order valence-electron chi connectivity index (χ2n) is 4.41. The van der Waals surface area contributed by atoms with Crippen molar-refractivity contribution < 1.29 is 14.5 Å². The Morgan fingerprint density at radius 3 is 2.33 bits per heavy atom. The van der Waals surface area contributed by atoms with Crippen molar-refractivity contribution >= 4 is 11.6 Å². The number of hydrogen-bond donors (Lipinski definition) is 1. The summed E-state index contributed by atoms with van der Waals surface area (Å²) in [5, 5.41) is 13.1. The fraction of sp³-hybridized carbons (Fsp3) is 0.133. The normalized spacial score (nSPS) is 10.0. The first-order valence-electron chi connectivity index (χ1n) is 6.26. The van der Waals surface area contributed by atoms with E-state index in [-0.39, 0.29) is 11.6 Å². The van der Waals surface area contributed by atoms with Gasteiger partial charge in [0, 0.05) is 24.7 Å². The SMILES string of the molecule is CNC(=O)c1cc(Oc2ccc([N+](=O)[O-])cc2)ccc1C. The Balaban J connectivity index is 2.23. The molecule has 0 unspecified atom stereocenters. The average molecular weight is 286 g/mol. The zero-order valence-electron chi connectivity index (χ0n) is 11.6. The fourth-order valence-electron chi connectivity index (χ4n) is 1.82. The standard InChI is InChI=1S/C15H14N2O4/c1-10-3-6-13(9-14(10)15(18)16-2)21-12-7-4-11(5-8-12)17(19)20/h3-9H,1-2H3,(H,16,18). The molecule has 0 aromatic heterocycles. The summed E-state index contributed by atoms with van der Waals surface area (Å²) in [6.45, 7) is 1.83. The number of carbonyl (C=O) groups is 1. The van der Waals surface area contributed by atoms with E-state index in [2.05, 4.69) is 5.32 Å². The zero-order valence-corrected chi connectivity index (χ0v) is 11.6. The lowest BCUT2D eigenvalue weighted by molar-refractivity contribution is -0.384. The first kappa shape index (κ1) is 14.5. The van der Waals surface area contributed by atoms with Crippen LogP contribution in [0.5, 0.6) is 11.5 Å². The lowest BCUT2D eigenvalue weighted by Crippen LogP contribution is -2.18. The van der Waals surface area contributed by atoms with E-state index in [0.717, 1.165) is 5.56 Å². The molecule has 0 heterocycles. The Hall–Kier alpha value is -2.89. The third kappa shape index (κ3) is 3.36. The molecule has 2 aromatic carbocycles. The highest BCUT2D eigenvalue weighted by Gasteiger charge is 2.10. The van der Waals surface area contributed by atoms with Crippen LogP contribution in [0.3, 0.4) is 0 Å². The van der Waals surface area contributed by atoms with Crippen molar-refractivity contribution in [3.8, 4) is 11.5 Å². The predicted molar refractivity (Wildman–Crippen MR) is 77.7 cm³/mol. The zero-order chi connectivity index (χ0) is 15.4. The maximum atomic E-state index is 11.7. The van der Waals surface area contributed by atoms with Gasteiger partial charge in [-0.05, 0) is 36.8 Å². The molecule has 108 valence electrons. The molecule has 6 nitrogen and oxygen atoms in total. The number of nitrogens with zero attached hydrogens (tertiary/aromatic N) is 1. The highest BCUT2D eigenvalue weighted by Crippen LogP contribution is 2.25. The van der Waals surface area contributed by atoms with Crippen LogP contribution in [-0.4, -0.2) is 17.9 Å². The van der Waals surface area contributed by atoms with E-state index in [4.69, 9.17) is 4.74 Å². The average Bonchev–Trinajstić information content (AvgIpc) is 2.49. The number of non-ortho nitro benzene ring substituents is 1. The van der Waals surface area contributed by atoms with Gasteiger partial charge in [0.2, 0.25) is 0 Å². The van der Waals surface area contributed by atoms with E-state index in [0.29, 0.717) is 17.1 Å². The molecule has 0 aliphatic carbocycles. The van der Waals surface area contributed by atoms with Crippen molar-refractivity contribution in [2.75, 3.05) is 7.05 Å². The predicted octanol–water partition coefficient (Wildman–Crippen LogP) is 3.06.